The van der Waals surface area contributed by atoms with Gasteiger partial charge in [-0.15, -0.1) is 5.10 Å². The number of nitrogens with zero attached hydrogens (tertiary/aromatic N) is 2. The Kier molecular flexibility index (Phi) is 11.9. The van der Waals surface area contributed by atoms with Gasteiger partial charge in [-0.3, -0.25) is 14.7 Å². The van der Waals surface area contributed by atoms with E-state index < -0.39 is 42.9 Å². The van der Waals surface area contributed by atoms with Crippen molar-refractivity contribution >= 4 is 23.4 Å². The summed E-state index contributed by atoms with van der Waals surface area (Å²) in [4.78, 5) is 27.3. The van der Waals surface area contributed by atoms with E-state index in [4.69, 9.17) is 21.1 Å². The normalized spacial score (nSPS) is 24.1. The van der Waals surface area contributed by atoms with Crippen LogP contribution in [-0.2, 0) is 27.2 Å². The van der Waals surface area contributed by atoms with E-state index in [9.17, 15) is 30.0 Å². The van der Waals surface area contributed by atoms with Crippen LogP contribution >= 0.6 is 11.6 Å². The Labute approximate surface area is 268 Å². The Morgan fingerprint density at radius 3 is 2.53 bits per heavy atom. The first kappa shape index (κ1) is 35.1. The van der Waals surface area contributed by atoms with E-state index in [1.54, 1.807) is 18.7 Å². The Morgan fingerprint density at radius 1 is 1.18 bits per heavy atom. The van der Waals surface area contributed by atoms with Gasteiger partial charge in [0.15, 0.2) is 0 Å². The number of H-pyrrole nitrogens is 1. The molecule has 2 saturated heterocycles. The molecule has 4 rings (SSSR count). The summed E-state index contributed by atoms with van der Waals surface area (Å²) in [5.41, 5.74) is 2.26. The SMILES string of the molecule is CC(C)c1[nH]nc(O[C@@H]2O[C@H](CO)[C@@H](O)[C@H](O)[C@H]2O)c1Cc1ccc(CCCC(=O)NC(C)(C)C(=O)N2CCNCC2)cc1Cl. The third kappa shape index (κ3) is 8.53. The predicted octanol–water partition coefficient (Wildman–Crippen LogP) is 0.605. The van der Waals surface area contributed by atoms with Crippen LogP contribution in [0.25, 0.3) is 0 Å². The van der Waals surface area contributed by atoms with Crippen LogP contribution in [0.3, 0.4) is 0 Å². The lowest BCUT2D eigenvalue weighted by atomic mass is 9.97. The number of halogens is 1. The number of benzene rings is 1. The Morgan fingerprint density at radius 2 is 1.89 bits per heavy atom. The van der Waals surface area contributed by atoms with E-state index in [-0.39, 0.29) is 30.0 Å². The number of rotatable bonds is 12. The summed E-state index contributed by atoms with van der Waals surface area (Å²) in [5.74, 6) is -0.0764. The minimum atomic E-state index is -1.58. The van der Waals surface area contributed by atoms with Crippen LogP contribution in [0.15, 0.2) is 18.2 Å². The molecule has 2 fully saturated rings. The molecule has 0 aliphatic carbocycles. The second-order valence-corrected chi connectivity index (χ2v) is 13.0. The van der Waals surface area contributed by atoms with Crippen LogP contribution in [0.5, 0.6) is 5.88 Å². The highest BCUT2D eigenvalue weighted by Crippen LogP contribution is 2.33. The van der Waals surface area contributed by atoms with Crippen molar-refractivity contribution in [2.45, 2.75) is 95.5 Å². The molecule has 0 unspecified atom stereocenters. The highest BCUT2D eigenvalue weighted by atomic mass is 35.5. The number of piperazine rings is 1. The lowest BCUT2D eigenvalue weighted by Crippen LogP contribution is -2.60. The molecule has 7 N–H and O–H groups in total. The lowest BCUT2D eigenvalue weighted by molar-refractivity contribution is -0.278. The third-order valence-electron chi connectivity index (χ3n) is 8.26. The van der Waals surface area contributed by atoms with Gasteiger partial charge in [-0.25, -0.2) is 0 Å². The van der Waals surface area contributed by atoms with Crippen molar-refractivity contribution in [2.75, 3.05) is 32.8 Å². The number of nitrogens with one attached hydrogen (secondary N) is 3. The van der Waals surface area contributed by atoms with Gasteiger partial charge in [-0.2, -0.15) is 0 Å². The quantitative estimate of drug-likeness (QED) is 0.171. The van der Waals surface area contributed by atoms with Crippen molar-refractivity contribution in [3.63, 3.8) is 0 Å². The number of hydrogen-bond acceptors (Lipinski definition) is 10. The van der Waals surface area contributed by atoms with E-state index in [0.717, 1.165) is 29.9 Å². The van der Waals surface area contributed by atoms with Gasteiger partial charge in [0.1, 0.15) is 30.0 Å². The number of ether oxygens (including phenoxy) is 2. The Bertz CT molecular complexity index is 1310. The molecule has 2 aromatic rings. The fourth-order valence-corrected chi connectivity index (χ4v) is 5.91. The number of aliphatic hydroxyl groups is 4. The Balaban J connectivity index is 1.36. The molecule has 13 nitrogen and oxygen atoms in total. The molecule has 2 amide bonds. The fraction of sp³-hybridized carbons (Fsp3) is 0.645. The van der Waals surface area contributed by atoms with Crippen molar-refractivity contribution < 1.29 is 39.5 Å². The summed E-state index contributed by atoms with van der Waals surface area (Å²) in [6, 6.07) is 5.71. The maximum absolute atomic E-state index is 12.9. The molecule has 45 heavy (non-hydrogen) atoms. The molecule has 0 spiro atoms. The second kappa shape index (κ2) is 15.2. The molecule has 1 aromatic heterocycles. The highest BCUT2D eigenvalue weighted by molar-refractivity contribution is 6.31. The molecule has 3 heterocycles. The number of carbonyl (C=O) groups excluding carboxylic acids is 2. The van der Waals surface area contributed by atoms with Gasteiger partial charge in [0.2, 0.25) is 24.0 Å². The first-order chi connectivity index (χ1) is 21.3. The molecule has 2 aliphatic heterocycles. The number of carbonyl (C=O) groups is 2. The molecular formula is C31H46ClN5O8. The summed E-state index contributed by atoms with van der Waals surface area (Å²) >= 11 is 6.71. The topological polar surface area (TPSA) is 190 Å². The zero-order chi connectivity index (χ0) is 32.9. The maximum atomic E-state index is 12.9. The fourth-order valence-electron chi connectivity index (χ4n) is 5.64. The van der Waals surface area contributed by atoms with E-state index >= 15 is 0 Å². The average molecular weight is 652 g/mol. The van der Waals surface area contributed by atoms with Gasteiger partial charge < -0.3 is 45.4 Å². The summed E-state index contributed by atoms with van der Waals surface area (Å²) in [7, 11) is 0. The number of aromatic nitrogens is 2. The van der Waals surface area contributed by atoms with Crippen molar-refractivity contribution in [1.82, 2.24) is 25.7 Å². The number of hydrogen-bond donors (Lipinski definition) is 7. The predicted molar refractivity (Wildman–Crippen MR) is 166 cm³/mol. The zero-order valence-electron chi connectivity index (χ0n) is 26.3. The van der Waals surface area contributed by atoms with Gasteiger partial charge in [-0.05, 0) is 49.8 Å². The molecular weight excluding hydrogens is 606 g/mol. The molecule has 0 bridgehead atoms. The maximum Gasteiger partial charge on any atom is 0.247 e. The summed E-state index contributed by atoms with van der Waals surface area (Å²) < 4.78 is 11.4. The molecule has 0 radical (unpaired) electrons. The Hall–Kier alpha value is -2.78. The van der Waals surface area contributed by atoms with E-state index in [2.05, 4.69) is 20.8 Å². The van der Waals surface area contributed by atoms with E-state index in [1.165, 1.54) is 0 Å². The van der Waals surface area contributed by atoms with Gasteiger partial charge in [-0.1, -0.05) is 37.6 Å². The summed E-state index contributed by atoms with van der Waals surface area (Å²) in [5, 5.41) is 54.1. The lowest BCUT2D eigenvalue weighted by Gasteiger charge is -2.39. The molecule has 2 aliphatic rings. The molecule has 0 saturated carbocycles. The molecule has 5 atom stereocenters. The van der Waals surface area contributed by atoms with Crippen LogP contribution in [0.4, 0.5) is 0 Å². The first-order valence-corrected chi connectivity index (χ1v) is 15.8. The van der Waals surface area contributed by atoms with Crippen LogP contribution in [0.1, 0.15) is 68.8 Å². The number of aromatic amines is 1. The standard InChI is InChI=1S/C31H46ClN5O8/c1-17(2)24-20(28(36-35-24)45-29-27(42)26(41)25(40)22(16-38)44-29)15-19-9-8-18(14-21(19)32)6-5-7-23(39)34-31(3,4)30(43)37-12-10-33-11-13-37/h8-9,14,17,22,25-27,29,33,38,40-42H,5-7,10-13,15-16H2,1-4H3,(H,34,39)(H,35,36)/t22-,25-,26+,27-,29+/m1/s1. The largest absolute Gasteiger partial charge is 0.443 e. The summed E-state index contributed by atoms with van der Waals surface area (Å²) in [6.07, 6.45) is -5.32. The number of aliphatic hydroxyl groups excluding tert-OH is 4. The zero-order valence-corrected chi connectivity index (χ0v) is 27.0. The highest BCUT2D eigenvalue weighted by Gasteiger charge is 2.45. The van der Waals surface area contributed by atoms with Crippen LogP contribution in [0, 0.1) is 0 Å². The van der Waals surface area contributed by atoms with Gasteiger partial charge in [0, 0.05) is 55.3 Å². The van der Waals surface area contributed by atoms with Crippen molar-refractivity contribution in [3.05, 3.63) is 45.6 Å². The molecule has 1 aromatic carbocycles. The van der Waals surface area contributed by atoms with Gasteiger partial charge >= 0.3 is 0 Å². The monoisotopic (exact) mass is 651 g/mol. The minimum absolute atomic E-state index is 0.0426. The number of amides is 2. The average Bonchev–Trinajstić information content (AvgIpc) is 3.40. The summed E-state index contributed by atoms with van der Waals surface area (Å²) in [6.45, 7) is 9.61. The smallest absolute Gasteiger partial charge is 0.247 e. The molecule has 14 heteroatoms. The van der Waals surface area contributed by atoms with Crippen molar-refractivity contribution in [3.8, 4) is 5.88 Å². The van der Waals surface area contributed by atoms with Gasteiger partial charge in [0.25, 0.3) is 0 Å². The van der Waals surface area contributed by atoms with E-state index in [1.807, 2.05) is 32.0 Å². The third-order valence-corrected chi connectivity index (χ3v) is 8.61. The van der Waals surface area contributed by atoms with Crippen LogP contribution in [-0.4, -0.2) is 116 Å². The second-order valence-electron chi connectivity index (χ2n) is 12.6. The minimum Gasteiger partial charge on any atom is -0.443 e. The van der Waals surface area contributed by atoms with Crippen LogP contribution in [0.2, 0.25) is 5.02 Å². The molecule has 250 valence electrons. The van der Waals surface area contributed by atoms with Gasteiger partial charge in [0.05, 0.1) is 6.61 Å². The number of aryl methyl sites for hydroxylation is 1. The van der Waals surface area contributed by atoms with E-state index in [0.29, 0.717) is 42.9 Å². The van der Waals surface area contributed by atoms with Crippen molar-refractivity contribution in [2.24, 2.45) is 0 Å². The first-order valence-electron chi connectivity index (χ1n) is 15.4. The van der Waals surface area contributed by atoms with Crippen molar-refractivity contribution in [1.29, 1.82) is 0 Å². The van der Waals surface area contributed by atoms with Crippen LogP contribution < -0.4 is 15.4 Å².